The molecule has 1 aromatic carbocycles. The van der Waals surface area contributed by atoms with E-state index < -0.39 is 0 Å². The number of nitrogens with one attached hydrogen (secondary N) is 1. The lowest BCUT2D eigenvalue weighted by Crippen LogP contribution is -2.53. The molecule has 10 heteroatoms. The summed E-state index contributed by atoms with van der Waals surface area (Å²) in [6.45, 7) is 9.49. The fourth-order valence-electron chi connectivity index (χ4n) is 5.52. The maximum atomic E-state index is 13.7. The third-order valence-corrected chi connectivity index (χ3v) is 7.52. The largest absolute Gasteiger partial charge is 0.385 e. The van der Waals surface area contributed by atoms with Crippen LogP contribution in [-0.4, -0.2) is 89.6 Å². The quantitative estimate of drug-likeness (QED) is 0.485. The zero-order valence-corrected chi connectivity index (χ0v) is 22.1. The third kappa shape index (κ3) is 5.70. The van der Waals surface area contributed by atoms with Gasteiger partial charge in [0.25, 0.3) is 11.5 Å². The van der Waals surface area contributed by atoms with E-state index in [9.17, 15) is 9.59 Å². The lowest BCUT2D eigenvalue weighted by Gasteiger charge is -2.40. The number of aromatic amines is 1. The Hall–Kier alpha value is -2.46. The zero-order chi connectivity index (χ0) is 24.5. The molecule has 2 aliphatic heterocycles. The van der Waals surface area contributed by atoms with Crippen LogP contribution in [-0.2, 0) is 9.47 Å². The van der Waals surface area contributed by atoms with Gasteiger partial charge >= 0.3 is 0 Å². The minimum absolute atomic E-state index is 0. The number of carbonyl (C=O) groups is 1. The van der Waals surface area contributed by atoms with Gasteiger partial charge in [-0.1, -0.05) is 7.43 Å². The molecule has 5 rings (SSSR count). The van der Waals surface area contributed by atoms with Crippen LogP contribution in [0.2, 0.25) is 0 Å². The SMILES string of the molecule is C.COCCCN1CCN(C(=O)c2cc3c(cc2C)[nH]c(=O)c2cnn(C4CCOCC4)c23)C[C@@H]1C.Cl. The lowest BCUT2D eigenvalue weighted by atomic mass is 10.0. The molecule has 0 spiro atoms. The van der Waals surface area contributed by atoms with Gasteiger partial charge in [0.15, 0.2) is 0 Å². The second-order valence-electron chi connectivity index (χ2n) is 9.84. The molecule has 2 aromatic heterocycles. The topological polar surface area (TPSA) is 92.7 Å². The number of hydrogen-bond donors (Lipinski definition) is 1. The van der Waals surface area contributed by atoms with E-state index in [1.165, 1.54) is 0 Å². The number of aryl methyl sites for hydroxylation is 1. The van der Waals surface area contributed by atoms with Crippen molar-refractivity contribution in [1.82, 2.24) is 24.6 Å². The van der Waals surface area contributed by atoms with Crippen molar-refractivity contribution in [2.24, 2.45) is 0 Å². The number of nitrogens with zero attached hydrogens (tertiary/aromatic N) is 4. The van der Waals surface area contributed by atoms with Crippen molar-refractivity contribution in [2.45, 2.75) is 52.6 Å². The average molecular weight is 534 g/mol. The molecule has 2 fully saturated rings. The standard InChI is InChI=1S/C26H35N5O4.CH4.ClH/c1-17-13-23-21(24-22(25(32)28-23)15-27-31(24)19-5-11-35-12-6-19)14-20(17)26(33)30-9-8-29(18(2)16-30)7-4-10-34-3;;/h13-15,18-19H,4-12,16H2,1-3H3,(H,28,32);1H4;1H/t18-;;/m0../s1. The summed E-state index contributed by atoms with van der Waals surface area (Å²) in [6, 6.07) is 4.36. The maximum Gasteiger partial charge on any atom is 0.259 e. The first kappa shape index (κ1) is 29.1. The van der Waals surface area contributed by atoms with Crippen LogP contribution < -0.4 is 5.56 Å². The van der Waals surface area contributed by atoms with Crippen molar-refractivity contribution in [3.05, 3.63) is 39.8 Å². The summed E-state index contributed by atoms with van der Waals surface area (Å²) in [5.41, 5.74) is 2.95. The number of aromatic nitrogens is 3. The summed E-state index contributed by atoms with van der Waals surface area (Å²) < 4.78 is 12.7. The molecule has 1 N–H and O–H groups in total. The number of halogens is 1. The summed E-state index contributed by atoms with van der Waals surface area (Å²) in [5, 5.41) is 6.02. The second-order valence-corrected chi connectivity index (χ2v) is 9.84. The van der Waals surface area contributed by atoms with Gasteiger partial charge < -0.3 is 19.4 Å². The Morgan fingerprint density at radius 3 is 2.68 bits per heavy atom. The Balaban J connectivity index is 0.00000190. The van der Waals surface area contributed by atoms with Crippen molar-refractivity contribution in [2.75, 3.05) is 53.1 Å². The second kappa shape index (κ2) is 12.4. The zero-order valence-electron chi connectivity index (χ0n) is 21.3. The summed E-state index contributed by atoms with van der Waals surface area (Å²) in [5.74, 6) is 0.0456. The first-order valence-electron chi connectivity index (χ1n) is 12.6. The smallest absolute Gasteiger partial charge is 0.259 e. The molecule has 2 aliphatic rings. The van der Waals surface area contributed by atoms with Crippen molar-refractivity contribution in [3.63, 3.8) is 0 Å². The molecule has 1 amide bonds. The van der Waals surface area contributed by atoms with Gasteiger partial charge in [-0.05, 0) is 50.8 Å². The van der Waals surface area contributed by atoms with Crippen LogP contribution in [0.5, 0.6) is 0 Å². The van der Waals surface area contributed by atoms with Crippen LogP contribution in [0.15, 0.2) is 23.1 Å². The molecule has 9 nitrogen and oxygen atoms in total. The normalized spacial score (nSPS) is 19.1. The van der Waals surface area contributed by atoms with Gasteiger partial charge in [-0.25, -0.2) is 0 Å². The third-order valence-electron chi connectivity index (χ3n) is 7.52. The Morgan fingerprint density at radius 1 is 1.22 bits per heavy atom. The van der Waals surface area contributed by atoms with Crippen LogP contribution in [0, 0.1) is 6.92 Å². The number of H-pyrrole nitrogens is 1. The van der Waals surface area contributed by atoms with Gasteiger partial charge in [0.2, 0.25) is 0 Å². The molecule has 0 bridgehead atoms. The number of hydrogen-bond acceptors (Lipinski definition) is 6. The van der Waals surface area contributed by atoms with Crippen molar-refractivity contribution >= 4 is 40.1 Å². The Bertz CT molecular complexity index is 1280. The predicted molar refractivity (Wildman–Crippen MR) is 149 cm³/mol. The Morgan fingerprint density at radius 2 is 1.97 bits per heavy atom. The molecule has 37 heavy (non-hydrogen) atoms. The first-order valence-corrected chi connectivity index (χ1v) is 12.6. The highest BCUT2D eigenvalue weighted by Crippen LogP contribution is 2.30. The fourth-order valence-corrected chi connectivity index (χ4v) is 5.52. The number of fused-ring (bicyclic) bond motifs is 3. The van der Waals surface area contributed by atoms with Crippen LogP contribution in [0.25, 0.3) is 21.8 Å². The number of amides is 1. The van der Waals surface area contributed by atoms with Crippen LogP contribution in [0.3, 0.4) is 0 Å². The van der Waals surface area contributed by atoms with Gasteiger partial charge in [-0.3, -0.25) is 19.2 Å². The van der Waals surface area contributed by atoms with Crippen molar-refractivity contribution < 1.29 is 14.3 Å². The molecule has 0 unspecified atom stereocenters. The molecule has 2 saturated heterocycles. The molecular formula is C27H40ClN5O4. The number of rotatable bonds is 6. The predicted octanol–water partition coefficient (Wildman–Crippen LogP) is 3.78. The van der Waals surface area contributed by atoms with Gasteiger partial charge in [0.1, 0.15) is 0 Å². The van der Waals surface area contributed by atoms with E-state index in [1.807, 2.05) is 28.6 Å². The minimum atomic E-state index is -0.150. The molecule has 0 saturated carbocycles. The Kier molecular flexibility index (Phi) is 9.74. The van der Waals surface area contributed by atoms with E-state index in [0.29, 0.717) is 43.3 Å². The fraction of sp³-hybridized carbons (Fsp3) is 0.593. The molecule has 4 heterocycles. The highest BCUT2D eigenvalue weighted by atomic mass is 35.5. The molecule has 1 atom stereocenters. The summed E-state index contributed by atoms with van der Waals surface area (Å²) in [4.78, 5) is 33.9. The molecule has 204 valence electrons. The van der Waals surface area contributed by atoms with E-state index in [2.05, 4.69) is 21.9 Å². The molecular weight excluding hydrogens is 494 g/mol. The lowest BCUT2D eigenvalue weighted by molar-refractivity contribution is 0.0490. The number of piperazine rings is 1. The van der Waals surface area contributed by atoms with Crippen molar-refractivity contribution in [1.29, 1.82) is 0 Å². The van der Waals surface area contributed by atoms with Crippen LogP contribution in [0.1, 0.15) is 55.6 Å². The van der Waals surface area contributed by atoms with Crippen molar-refractivity contribution in [3.8, 4) is 0 Å². The molecule has 0 radical (unpaired) electrons. The van der Waals surface area contributed by atoms with E-state index in [4.69, 9.17) is 9.47 Å². The van der Waals surface area contributed by atoms with Gasteiger partial charge in [-0.15, -0.1) is 12.4 Å². The van der Waals surface area contributed by atoms with Gasteiger partial charge in [-0.2, -0.15) is 5.10 Å². The summed E-state index contributed by atoms with van der Waals surface area (Å²) in [6.07, 6.45) is 4.35. The highest BCUT2D eigenvalue weighted by molar-refractivity contribution is 6.07. The monoisotopic (exact) mass is 533 g/mol. The number of carbonyl (C=O) groups excluding carboxylic acids is 1. The van der Waals surface area contributed by atoms with E-state index in [0.717, 1.165) is 60.9 Å². The van der Waals surface area contributed by atoms with E-state index in [1.54, 1.807) is 13.3 Å². The number of ether oxygens (including phenoxy) is 2. The maximum absolute atomic E-state index is 13.7. The molecule has 3 aromatic rings. The van der Waals surface area contributed by atoms with E-state index >= 15 is 0 Å². The van der Waals surface area contributed by atoms with E-state index in [-0.39, 0.29) is 37.3 Å². The number of pyridine rings is 1. The van der Waals surface area contributed by atoms with Gasteiger partial charge in [0.05, 0.1) is 28.7 Å². The van der Waals surface area contributed by atoms with Gasteiger partial charge in [0, 0.05) is 70.1 Å². The average Bonchev–Trinajstić information content (AvgIpc) is 3.31. The van der Waals surface area contributed by atoms with Crippen LogP contribution >= 0.6 is 12.4 Å². The summed E-state index contributed by atoms with van der Waals surface area (Å²) >= 11 is 0. The molecule has 0 aliphatic carbocycles. The summed E-state index contributed by atoms with van der Waals surface area (Å²) in [7, 11) is 1.73. The Labute approximate surface area is 224 Å². The van der Waals surface area contributed by atoms with Crippen LogP contribution in [0.4, 0.5) is 0 Å². The first-order chi connectivity index (χ1) is 17.0. The number of benzene rings is 1. The number of methoxy groups -OCH3 is 1. The highest BCUT2D eigenvalue weighted by Gasteiger charge is 2.28. The minimum Gasteiger partial charge on any atom is -0.385 e.